The van der Waals surface area contributed by atoms with E-state index in [1.54, 1.807) is 30.5 Å². The minimum atomic E-state index is -0.660. The third-order valence-electron chi connectivity index (χ3n) is 8.72. The van der Waals surface area contributed by atoms with Crippen LogP contribution in [0, 0.1) is 17.8 Å². The van der Waals surface area contributed by atoms with Gasteiger partial charge in [0.1, 0.15) is 5.82 Å². The Balaban J connectivity index is 1.22. The molecule has 9 heteroatoms. The zero-order valence-corrected chi connectivity index (χ0v) is 23.4. The molecule has 2 saturated carbocycles. The van der Waals surface area contributed by atoms with Gasteiger partial charge in [0.2, 0.25) is 0 Å². The second kappa shape index (κ2) is 12.0. The first-order valence-corrected chi connectivity index (χ1v) is 14.6. The van der Waals surface area contributed by atoms with E-state index in [0.29, 0.717) is 34.2 Å². The molecule has 3 fully saturated rings. The number of primary amides is 1. The topological polar surface area (TPSA) is 138 Å². The first-order valence-electron chi connectivity index (χ1n) is 14.6. The number of rotatable bonds is 11. The Morgan fingerprint density at radius 1 is 1.10 bits per heavy atom. The number of nitrogens with two attached hydrogens (primary N) is 1. The van der Waals surface area contributed by atoms with Gasteiger partial charge in [-0.2, -0.15) is 0 Å². The van der Waals surface area contributed by atoms with Gasteiger partial charge in [0.25, 0.3) is 11.8 Å². The molecular weight excluding hydrogens is 506 g/mol. The Morgan fingerprint density at radius 2 is 1.88 bits per heavy atom. The molecule has 1 aliphatic heterocycles. The summed E-state index contributed by atoms with van der Waals surface area (Å²) < 4.78 is 0. The summed E-state index contributed by atoms with van der Waals surface area (Å²) in [5.74, 6) is 1.18. The average molecular weight is 548 g/mol. The summed E-state index contributed by atoms with van der Waals surface area (Å²) in [7, 11) is 0. The number of amides is 2. The largest absolute Gasteiger partial charge is 0.392 e. The zero-order chi connectivity index (χ0) is 28.4. The minimum Gasteiger partial charge on any atom is -0.392 e. The maximum atomic E-state index is 13.2. The Hall–Kier alpha value is -3.46. The number of Topliss-reactive ketones (excluding diaryl/α,β-unsaturated/α-hetero) is 1. The van der Waals surface area contributed by atoms with Crippen molar-refractivity contribution in [2.75, 3.05) is 23.3 Å². The molecule has 0 radical (unpaired) electrons. The van der Waals surface area contributed by atoms with E-state index in [1.165, 1.54) is 12.8 Å². The Kier molecular flexibility index (Phi) is 8.40. The van der Waals surface area contributed by atoms with Gasteiger partial charge in [0, 0.05) is 54.6 Å². The highest BCUT2D eigenvalue weighted by Crippen LogP contribution is 2.39. The predicted octanol–water partition coefficient (Wildman–Crippen LogP) is 3.77. The summed E-state index contributed by atoms with van der Waals surface area (Å²) in [5.41, 5.74) is 7.60. The van der Waals surface area contributed by atoms with Crippen molar-refractivity contribution in [3.8, 4) is 0 Å². The van der Waals surface area contributed by atoms with Crippen molar-refractivity contribution in [3.05, 3.63) is 53.2 Å². The van der Waals surface area contributed by atoms with E-state index in [0.717, 1.165) is 44.6 Å². The van der Waals surface area contributed by atoms with Gasteiger partial charge in [-0.3, -0.25) is 14.4 Å². The number of piperidine rings is 1. The lowest BCUT2D eigenvalue weighted by Gasteiger charge is -2.38. The summed E-state index contributed by atoms with van der Waals surface area (Å²) in [6.45, 7) is 5.45. The second-order valence-electron chi connectivity index (χ2n) is 12.1. The van der Waals surface area contributed by atoms with Crippen LogP contribution in [0.5, 0.6) is 0 Å². The van der Waals surface area contributed by atoms with Crippen molar-refractivity contribution in [2.24, 2.45) is 23.5 Å². The molecule has 1 aromatic heterocycles. The number of hydrogen-bond acceptors (Lipinski definition) is 7. The fourth-order valence-corrected chi connectivity index (χ4v) is 6.04. The number of ketones is 1. The first-order chi connectivity index (χ1) is 19.2. The molecule has 0 bridgehead atoms. The molecule has 4 unspecified atom stereocenters. The number of fused-ring (bicyclic) bond motifs is 1. The van der Waals surface area contributed by atoms with E-state index >= 15 is 0 Å². The molecule has 9 nitrogen and oxygen atoms in total. The smallest absolute Gasteiger partial charge is 0.251 e. The van der Waals surface area contributed by atoms with Crippen molar-refractivity contribution in [1.82, 2.24) is 10.3 Å². The summed E-state index contributed by atoms with van der Waals surface area (Å²) in [6, 6.07) is 9.05. The van der Waals surface area contributed by atoms with Gasteiger partial charge in [-0.1, -0.05) is 13.8 Å². The lowest BCUT2D eigenvalue weighted by Crippen LogP contribution is -2.43. The normalized spacial score (nSPS) is 23.0. The van der Waals surface area contributed by atoms with E-state index in [4.69, 9.17) is 5.73 Å². The number of aliphatic hydroxyl groups excluding tert-OH is 1. The summed E-state index contributed by atoms with van der Waals surface area (Å²) >= 11 is 0. The van der Waals surface area contributed by atoms with Gasteiger partial charge in [-0.05, 0) is 86.6 Å². The van der Waals surface area contributed by atoms with E-state index in [2.05, 4.69) is 20.5 Å². The number of aromatic nitrogens is 1. The molecule has 3 aliphatic rings. The number of nitrogens with one attached hydrogen (secondary N) is 2. The van der Waals surface area contributed by atoms with Gasteiger partial charge in [0.15, 0.2) is 5.78 Å². The van der Waals surface area contributed by atoms with Crippen molar-refractivity contribution in [3.63, 3.8) is 0 Å². The van der Waals surface area contributed by atoms with Gasteiger partial charge in [0.05, 0.1) is 11.7 Å². The fraction of sp³-hybridized carbons (Fsp3) is 0.548. The molecule has 2 aliphatic carbocycles. The Morgan fingerprint density at radius 3 is 2.55 bits per heavy atom. The highest BCUT2D eigenvalue weighted by molar-refractivity contribution is 6.02. The molecule has 2 aromatic rings. The number of nitrogens with zero attached hydrogens (tertiary/aromatic N) is 2. The third-order valence-corrected chi connectivity index (χ3v) is 8.72. The van der Waals surface area contributed by atoms with E-state index in [1.807, 2.05) is 19.9 Å². The van der Waals surface area contributed by atoms with Crippen molar-refractivity contribution < 1.29 is 19.5 Å². The number of hydrogen-bond donors (Lipinski definition) is 4. The van der Waals surface area contributed by atoms with E-state index in [9.17, 15) is 19.5 Å². The van der Waals surface area contributed by atoms with Crippen LogP contribution >= 0.6 is 0 Å². The number of carbonyl (C=O) groups is 3. The highest BCUT2D eigenvalue weighted by Gasteiger charge is 2.41. The minimum absolute atomic E-state index is 0.0258. The van der Waals surface area contributed by atoms with E-state index < -0.39 is 12.0 Å². The Bertz CT molecular complexity index is 1240. The molecule has 2 heterocycles. The summed E-state index contributed by atoms with van der Waals surface area (Å²) in [6.07, 6.45) is 7.31. The lowest BCUT2D eigenvalue weighted by atomic mass is 9.92. The number of carbonyl (C=O) groups excluding carboxylic acids is 3. The van der Waals surface area contributed by atoms with Crippen LogP contribution in [-0.4, -0.2) is 59.0 Å². The molecule has 40 heavy (non-hydrogen) atoms. The molecule has 0 spiro atoms. The lowest BCUT2D eigenvalue weighted by molar-refractivity contribution is 0.0789. The van der Waals surface area contributed by atoms with Crippen molar-refractivity contribution in [1.29, 1.82) is 0 Å². The van der Waals surface area contributed by atoms with Crippen LogP contribution in [0.2, 0.25) is 0 Å². The molecule has 5 N–H and O–H groups in total. The van der Waals surface area contributed by atoms with Crippen LogP contribution < -0.4 is 21.3 Å². The molecular formula is C31H41N5O4. The van der Waals surface area contributed by atoms with E-state index in [-0.39, 0.29) is 36.1 Å². The Labute approximate surface area is 235 Å². The van der Waals surface area contributed by atoms with Crippen LogP contribution in [0.15, 0.2) is 36.5 Å². The van der Waals surface area contributed by atoms with Crippen LogP contribution in [0.3, 0.4) is 0 Å². The van der Waals surface area contributed by atoms with Crippen LogP contribution in [-0.2, 0) is 0 Å². The van der Waals surface area contributed by atoms with Crippen LogP contribution in [0.25, 0.3) is 0 Å². The predicted molar refractivity (Wildman–Crippen MR) is 155 cm³/mol. The van der Waals surface area contributed by atoms with Gasteiger partial charge in [-0.25, -0.2) is 4.98 Å². The SMILES string of the molecule is CC(C)C(O)CC(=O)c1ccc(N2CCCC3CC(NC(=O)c4ccc(C(N)=O)c(NCC5CC5)c4)CC32)nc1. The third kappa shape index (κ3) is 6.46. The number of benzene rings is 1. The molecule has 2 amide bonds. The summed E-state index contributed by atoms with van der Waals surface area (Å²) in [5, 5.41) is 16.6. The first kappa shape index (κ1) is 28.1. The highest BCUT2D eigenvalue weighted by atomic mass is 16.3. The molecule has 5 rings (SSSR count). The number of anilines is 2. The summed E-state index contributed by atoms with van der Waals surface area (Å²) in [4.78, 5) is 44.6. The number of pyridine rings is 1. The maximum Gasteiger partial charge on any atom is 0.251 e. The van der Waals surface area contributed by atoms with Crippen LogP contribution in [0.1, 0.15) is 89.9 Å². The second-order valence-corrected chi connectivity index (χ2v) is 12.1. The fourth-order valence-electron chi connectivity index (χ4n) is 6.04. The van der Waals surface area contributed by atoms with Gasteiger partial charge >= 0.3 is 0 Å². The standard InChI is InChI=1S/C31H41N5O4/c1-18(2)27(37)15-28(38)22-8-10-29(34-17-22)36-11-3-4-20-12-23(14-26(20)36)35-31(40)21-7-9-24(30(32)39)25(13-21)33-16-19-5-6-19/h7-10,13,17-20,23,26-27,33,37H,3-6,11-12,14-16H2,1-2H3,(H2,32,39)(H,35,40). The molecule has 214 valence electrons. The van der Waals surface area contributed by atoms with Crippen molar-refractivity contribution in [2.45, 2.75) is 77.0 Å². The number of aliphatic hydroxyl groups is 1. The zero-order valence-electron chi connectivity index (χ0n) is 23.4. The van der Waals surface area contributed by atoms with Crippen LogP contribution in [0.4, 0.5) is 11.5 Å². The van der Waals surface area contributed by atoms with Gasteiger partial charge in [-0.15, -0.1) is 0 Å². The monoisotopic (exact) mass is 547 g/mol. The molecule has 1 aromatic carbocycles. The molecule has 1 saturated heterocycles. The molecule has 4 atom stereocenters. The van der Waals surface area contributed by atoms with Gasteiger partial charge < -0.3 is 26.4 Å². The van der Waals surface area contributed by atoms with Crippen molar-refractivity contribution >= 4 is 29.1 Å². The quantitative estimate of drug-likeness (QED) is 0.314. The maximum absolute atomic E-state index is 13.2. The average Bonchev–Trinajstić information content (AvgIpc) is 3.68.